The quantitative estimate of drug-likeness (QED) is 0.641. The van der Waals surface area contributed by atoms with Crippen molar-refractivity contribution in [3.05, 3.63) is 34.4 Å². The fraction of sp³-hybridized carbons (Fsp3) is 0.444. The Morgan fingerprint density at radius 3 is 3.12 bits per heavy atom. The second kappa shape index (κ2) is 5.99. The molecule has 2 aliphatic rings. The molecular formula is C18H18N4O2S2. The number of rotatable bonds is 4. The zero-order chi connectivity index (χ0) is 17.7. The first kappa shape index (κ1) is 16.1. The van der Waals surface area contributed by atoms with Gasteiger partial charge < -0.3 is 9.64 Å². The zero-order valence-electron chi connectivity index (χ0n) is 14.3. The summed E-state index contributed by atoms with van der Waals surface area (Å²) in [7, 11) is 1.49. The van der Waals surface area contributed by atoms with Crippen molar-refractivity contribution >= 4 is 44.7 Å². The van der Waals surface area contributed by atoms with E-state index in [1.807, 2.05) is 22.3 Å². The van der Waals surface area contributed by atoms with E-state index in [1.54, 1.807) is 29.0 Å². The highest BCUT2D eigenvalue weighted by atomic mass is 32.1. The molecule has 0 spiro atoms. The van der Waals surface area contributed by atoms with Crippen molar-refractivity contribution in [2.24, 2.45) is 5.41 Å². The highest BCUT2D eigenvalue weighted by Gasteiger charge is 2.61. The number of methoxy groups -OCH3 is 1. The van der Waals surface area contributed by atoms with Crippen LogP contribution in [0.4, 0.5) is 5.82 Å². The molecule has 3 aromatic rings. The molecule has 2 saturated heterocycles. The average molecular weight is 387 g/mol. The summed E-state index contributed by atoms with van der Waals surface area (Å²) in [6.45, 7) is 0. The molecule has 0 radical (unpaired) electrons. The van der Waals surface area contributed by atoms with Gasteiger partial charge in [-0.3, -0.25) is 4.79 Å². The summed E-state index contributed by atoms with van der Waals surface area (Å²) in [6, 6.07) is 2.41. The van der Waals surface area contributed by atoms with E-state index in [-0.39, 0.29) is 12.0 Å². The lowest BCUT2D eigenvalue weighted by molar-refractivity contribution is -0.154. The first-order valence-corrected chi connectivity index (χ1v) is 10.5. The van der Waals surface area contributed by atoms with Crippen LogP contribution >= 0.6 is 22.7 Å². The summed E-state index contributed by atoms with van der Waals surface area (Å²) in [5, 5.41) is 4.08. The van der Waals surface area contributed by atoms with Gasteiger partial charge in [-0.25, -0.2) is 15.0 Å². The second-order valence-corrected chi connectivity index (χ2v) is 8.63. The number of thiazole rings is 1. The minimum atomic E-state index is -0.555. The molecule has 5 rings (SSSR count). The topological polar surface area (TPSA) is 68.2 Å². The van der Waals surface area contributed by atoms with Gasteiger partial charge in [-0.05, 0) is 30.7 Å². The Kier molecular flexibility index (Phi) is 3.72. The van der Waals surface area contributed by atoms with Gasteiger partial charge >= 0.3 is 5.97 Å². The van der Waals surface area contributed by atoms with Crippen molar-refractivity contribution in [1.82, 2.24) is 15.0 Å². The Morgan fingerprint density at radius 2 is 2.31 bits per heavy atom. The van der Waals surface area contributed by atoms with E-state index in [0.717, 1.165) is 41.0 Å². The summed E-state index contributed by atoms with van der Waals surface area (Å²) in [4.78, 5) is 28.7. The largest absolute Gasteiger partial charge is 0.469 e. The number of nitrogens with zero attached hydrogens (tertiary/aromatic N) is 4. The fourth-order valence-corrected chi connectivity index (χ4v) is 6.19. The third-order valence-corrected chi connectivity index (χ3v) is 7.32. The van der Waals surface area contributed by atoms with Crippen LogP contribution in [0.15, 0.2) is 28.7 Å². The molecule has 134 valence electrons. The molecule has 2 aliphatic heterocycles. The van der Waals surface area contributed by atoms with Crippen molar-refractivity contribution in [3.8, 4) is 0 Å². The van der Waals surface area contributed by atoms with Crippen LogP contribution in [0.3, 0.4) is 0 Å². The van der Waals surface area contributed by atoms with Crippen LogP contribution in [0.1, 0.15) is 25.0 Å². The van der Waals surface area contributed by atoms with Crippen molar-refractivity contribution < 1.29 is 9.53 Å². The van der Waals surface area contributed by atoms with Crippen molar-refractivity contribution in [1.29, 1.82) is 0 Å². The number of carbonyl (C=O) groups is 1. The maximum atomic E-state index is 12.9. The van der Waals surface area contributed by atoms with E-state index in [9.17, 15) is 4.79 Å². The van der Waals surface area contributed by atoms with Gasteiger partial charge in [0.2, 0.25) is 0 Å². The number of aromatic nitrogens is 3. The molecule has 26 heavy (non-hydrogen) atoms. The molecule has 2 bridgehead atoms. The van der Waals surface area contributed by atoms with Gasteiger partial charge in [-0.1, -0.05) is 0 Å². The molecule has 3 atom stereocenters. The minimum absolute atomic E-state index is 0.0850. The predicted molar refractivity (Wildman–Crippen MR) is 102 cm³/mol. The summed E-state index contributed by atoms with van der Waals surface area (Å²) in [5.74, 6) is 0.834. The molecule has 0 aliphatic carbocycles. The van der Waals surface area contributed by atoms with Crippen molar-refractivity contribution in [2.45, 2.75) is 37.8 Å². The van der Waals surface area contributed by atoms with Crippen LogP contribution in [-0.4, -0.2) is 40.1 Å². The van der Waals surface area contributed by atoms with Crippen LogP contribution in [0, 0.1) is 5.41 Å². The Balaban J connectivity index is 1.60. The van der Waals surface area contributed by atoms with Crippen molar-refractivity contribution in [2.75, 3.05) is 12.0 Å². The molecule has 8 heteroatoms. The predicted octanol–water partition coefficient (Wildman–Crippen LogP) is 3.29. The molecular weight excluding hydrogens is 368 g/mol. The first-order chi connectivity index (χ1) is 12.7. The zero-order valence-corrected chi connectivity index (χ0v) is 15.9. The standard InChI is InChI=1S/C18H18N4O2S2/c1-24-17(23)18(6-11-8-25-10-21-11)7-12-2-3-14(18)22(12)16-15-13(4-5-26-15)19-9-20-16/h4-5,8-10,12,14H,2-3,6-7H2,1H3/t12-,14+,18+/m1/s1. The molecule has 2 fully saturated rings. The van der Waals surface area contributed by atoms with Crippen LogP contribution in [0.25, 0.3) is 10.2 Å². The second-order valence-electron chi connectivity index (χ2n) is 6.99. The monoisotopic (exact) mass is 386 g/mol. The smallest absolute Gasteiger partial charge is 0.314 e. The highest BCUT2D eigenvalue weighted by molar-refractivity contribution is 7.17. The number of hydrogen-bond acceptors (Lipinski definition) is 8. The molecule has 0 amide bonds. The SMILES string of the molecule is COC(=O)[C@@]1(Cc2cscn2)C[C@H]2CC[C@@H]1N2c1ncnc2ccsc12. The van der Waals surface area contributed by atoms with E-state index in [0.29, 0.717) is 12.5 Å². The van der Waals surface area contributed by atoms with Gasteiger partial charge in [0.1, 0.15) is 6.33 Å². The van der Waals surface area contributed by atoms with Gasteiger partial charge in [0.25, 0.3) is 0 Å². The van der Waals surface area contributed by atoms with E-state index < -0.39 is 5.41 Å². The van der Waals surface area contributed by atoms with Gasteiger partial charge in [0.05, 0.1) is 33.9 Å². The molecule has 6 nitrogen and oxygen atoms in total. The average Bonchev–Trinajstić information content (AvgIpc) is 3.44. The number of thiophene rings is 1. The lowest BCUT2D eigenvalue weighted by atomic mass is 9.71. The van der Waals surface area contributed by atoms with Crippen LogP contribution < -0.4 is 4.90 Å². The summed E-state index contributed by atoms with van der Waals surface area (Å²) >= 11 is 3.22. The highest BCUT2D eigenvalue weighted by Crippen LogP contribution is 2.54. The van der Waals surface area contributed by atoms with Gasteiger partial charge in [-0.15, -0.1) is 22.7 Å². The van der Waals surface area contributed by atoms with Crippen LogP contribution in [-0.2, 0) is 16.0 Å². The third-order valence-electron chi connectivity index (χ3n) is 5.78. The first-order valence-electron chi connectivity index (χ1n) is 8.65. The fourth-order valence-electron chi connectivity index (χ4n) is 4.80. The Bertz CT molecular complexity index is 957. The maximum absolute atomic E-state index is 12.9. The van der Waals surface area contributed by atoms with Crippen LogP contribution in [0.5, 0.6) is 0 Å². The minimum Gasteiger partial charge on any atom is -0.469 e. The lowest BCUT2D eigenvalue weighted by Crippen LogP contribution is -2.46. The van der Waals surface area contributed by atoms with E-state index in [2.05, 4.69) is 19.9 Å². The van der Waals surface area contributed by atoms with Gasteiger partial charge in [0.15, 0.2) is 5.82 Å². The van der Waals surface area contributed by atoms with Crippen LogP contribution in [0.2, 0.25) is 0 Å². The Hall–Kier alpha value is -2.06. The third kappa shape index (κ3) is 2.21. The number of ether oxygens (including phenoxy) is 1. The normalized spacial score (nSPS) is 27.3. The molecule has 0 aromatic carbocycles. The summed E-state index contributed by atoms with van der Waals surface area (Å²) < 4.78 is 6.37. The number of fused-ring (bicyclic) bond motifs is 3. The van der Waals surface area contributed by atoms with Gasteiger partial charge in [-0.2, -0.15) is 0 Å². The summed E-state index contributed by atoms with van der Waals surface area (Å²) in [5.41, 5.74) is 3.21. The van der Waals surface area contributed by atoms with E-state index >= 15 is 0 Å². The van der Waals surface area contributed by atoms with Gasteiger partial charge in [0, 0.05) is 23.9 Å². The number of esters is 1. The molecule has 0 saturated carbocycles. The van der Waals surface area contributed by atoms with E-state index in [4.69, 9.17) is 4.74 Å². The summed E-state index contributed by atoms with van der Waals surface area (Å²) in [6.07, 6.45) is 5.10. The number of hydrogen-bond donors (Lipinski definition) is 0. The maximum Gasteiger partial charge on any atom is 0.314 e. The van der Waals surface area contributed by atoms with E-state index in [1.165, 1.54) is 7.11 Å². The lowest BCUT2D eigenvalue weighted by Gasteiger charge is -2.34. The number of anilines is 1. The molecule has 0 unspecified atom stereocenters. The molecule has 5 heterocycles. The van der Waals surface area contributed by atoms with Crippen molar-refractivity contribution in [3.63, 3.8) is 0 Å². The Morgan fingerprint density at radius 1 is 1.38 bits per heavy atom. The Labute approximate surface area is 158 Å². The molecule has 3 aromatic heterocycles. The number of carbonyl (C=O) groups excluding carboxylic acids is 1. The molecule has 0 N–H and O–H groups in total.